The van der Waals surface area contributed by atoms with Crippen molar-refractivity contribution in [2.45, 2.75) is 40.0 Å². The quantitative estimate of drug-likeness (QED) is 0.453. The van der Waals surface area contributed by atoms with Crippen LogP contribution in [-0.4, -0.2) is 12.4 Å². The van der Waals surface area contributed by atoms with Crippen molar-refractivity contribution < 1.29 is 9.53 Å². The minimum absolute atomic E-state index is 0.215. The van der Waals surface area contributed by atoms with Gasteiger partial charge in [-0.05, 0) is 33.6 Å². The molecular weight excluding hydrogens is 188 g/mol. The summed E-state index contributed by atoms with van der Waals surface area (Å²) in [5, 5.41) is 0. The van der Waals surface area contributed by atoms with Gasteiger partial charge < -0.3 is 9.53 Å². The molecule has 0 aromatic heterocycles. The highest BCUT2D eigenvalue weighted by Gasteiger charge is 2.12. The molecule has 0 N–H and O–H groups in total. The smallest absolute Gasteiger partial charge is 0.130 e. The van der Waals surface area contributed by atoms with E-state index in [4.69, 9.17) is 4.74 Å². The molecular formula is C13H22O2. The molecule has 1 atom stereocenters. The standard InChI is InChI=1S/C13H22O2/c1-10(2)6-7-13(8-12(5)14)9-15-11(3)4/h13H,1,3,6-9H2,2,4-5H3. The van der Waals surface area contributed by atoms with E-state index in [2.05, 4.69) is 13.2 Å². The van der Waals surface area contributed by atoms with Gasteiger partial charge in [-0.1, -0.05) is 12.2 Å². The van der Waals surface area contributed by atoms with Gasteiger partial charge in [-0.15, -0.1) is 6.58 Å². The van der Waals surface area contributed by atoms with Crippen LogP contribution in [0.15, 0.2) is 24.5 Å². The maximum absolute atomic E-state index is 11.0. The first-order valence-electron chi connectivity index (χ1n) is 5.34. The summed E-state index contributed by atoms with van der Waals surface area (Å²) in [6.07, 6.45) is 2.50. The highest BCUT2D eigenvalue weighted by molar-refractivity contribution is 5.75. The Hall–Kier alpha value is -1.05. The van der Waals surface area contributed by atoms with Crippen LogP contribution < -0.4 is 0 Å². The van der Waals surface area contributed by atoms with Crippen molar-refractivity contribution in [3.63, 3.8) is 0 Å². The number of hydrogen-bond acceptors (Lipinski definition) is 2. The molecule has 0 aromatic rings. The van der Waals surface area contributed by atoms with E-state index in [1.165, 1.54) is 0 Å². The van der Waals surface area contributed by atoms with Gasteiger partial charge in [-0.3, -0.25) is 0 Å². The number of ketones is 1. The Kier molecular flexibility index (Phi) is 6.76. The molecule has 15 heavy (non-hydrogen) atoms. The highest BCUT2D eigenvalue weighted by atomic mass is 16.5. The van der Waals surface area contributed by atoms with Gasteiger partial charge in [0.05, 0.1) is 12.4 Å². The molecule has 1 unspecified atom stereocenters. The summed E-state index contributed by atoms with van der Waals surface area (Å²) < 4.78 is 5.36. The molecule has 2 heteroatoms. The first-order chi connectivity index (χ1) is 6.91. The Balaban J connectivity index is 3.99. The molecule has 0 heterocycles. The number of hydrogen-bond donors (Lipinski definition) is 0. The first kappa shape index (κ1) is 13.9. The second-order valence-electron chi connectivity index (χ2n) is 4.28. The summed E-state index contributed by atoms with van der Waals surface area (Å²) in [5.74, 6) is 1.21. The van der Waals surface area contributed by atoms with E-state index in [0.717, 1.165) is 18.4 Å². The lowest BCUT2D eigenvalue weighted by Crippen LogP contribution is -2.13. The lowest BCUT2D eigenvalue weighted by atomic mass is 9.96. The minimum Gasteiger partial charge on any atom is -0.499 e. The first-order valence-corrected chi connectivity index (χ1v) is 5.34. The van der Waals surface area contributed by atoms with E-state index in [1.807, 2.05) is 13.8 Å². The third kappa shape index (κ3) is 9.26. The van der Waals surface area contributed by atoms with Crippen molar-refractivity contribution in [3.8, 4) is 0 Å². The molecule has 0 aliphatic heterocycles. The topological polar surface area (TPSA) is 26.3 Å². The largest absolute Gasteiger partial charge is 0.499 e. The van der Waals surface area contributed by atoms with Gasteiger partial charge in [0.25, 0.3) is 0 Å². The van der Waals surface area contributed by atoms with Crippen molar-refractivity contribution in [3.05, 3.63) is 24.5 Å². The van der Waals surface area contributed by atoms with Gasteiger partial charge in [0.1, 0.15) is 5.78 Å². The van der Waals surface area contributed by atoms with Gasteiger partial charge in [0.2, 0.25) is 0 Å². The highest BCUT2D eigenvalue weighted by Crippen LogP contribution is 2.16. The lowest BCUT2D eigenvalue weighted by Gasteiger charge is -2.16. The molecule has 0 aliphatic carbocycles. The Morgan fingerprint density at radius 1 is 1.27 bits per heavy atom. The molecule has 0 radical (unpaired) electrons. The van der Waals surface area contributed by atoms with E-state index in [1.54, 1.807) is 6.92 Å². The van der Waals surface area contributed by atoms with Crippen LogP contribution in [0.2, 0.25) is 0 Å². The summed E-state index contributed by atoms with van der Waals surface area (Å²) >= 11 is 0. The molecule has 0 saturated carbocycles. The van der Waals surface area contributed by atoms with Gasteiger partial charge in [0.15, 0.2) is 0 Å². The molecule has 0 saturated heterocycles. The predicted molar refractivity (Wildman–Crippen MR) is 63.6 cm³/mol. The Bertz CT molecular complexity index is 223. The van der Waals surface area contributed by atoms with E-state index in [0.29, 0.717) is 18.8 Å². The fraction of sp³-hybridized carbons (Fsp3) is 0.615. The molecule has 0 bridgehead atoms. The van der Waals surface area contributed by atoms with E-state index in [-0.39, 0.29) is 11.7 Å². The summed E-state index contributed by atoms with van der Waals surface area (Å²) in [6, 6.07) is 0. The fourth-order valence-corrected chi connectivity index (χ4v) is 1.36. The van der Waals surface area contributed by atoms with Gasteiger partial charge in [0, 0.05) is 12.3 Å². The summed E-state index contributed by atoms with van der Waals surface area (Å²) in [7, 11) is 0. The minimum atomic E-state index is 0.215. The zero-order valence-corrected chi connectivity index (χ0v) is 10.1. The van der Waals surface area contributed by atoms with Crippen LogP contribution in [0.5, 0.6) is 0 Å². The average Bonchev–Trinajstić information content (AvgIpc) is 2.08. The molecule has 2 nitrogen and oxygen atoms in total. The van der Waals surface area contributed by atoms with Crippen LogP contribution in [-0.2, 0) is 9.53 Å². The monoisotopic (exact) mass is 210 g/mol. The van der Waals surface area contributed by atoms with Crippen molar-refractivity contribution in [2.24, 2.45) is 5.92 Å². The second kappa shape index (κ2) is 7.27. The average molecular weight is 210 g/mol. The Morgan fingerprint density at radius 3 is 2.27 bits per heavy atom. The van der Waals surface area contributed by atoms with E-state index < -0.39 is 0 Å². The van der Waals surface area contributed by atoms with Crippen LogP contribution in [0.1, 0.15) is 40.0 Å². The summed E-state index contributed by atoms with van der Waals surface area (Å²) in [4.78, 5) is 11.0. The van der Waals surface area contributed by atoms with Crippen molar-refractivity contribution in [2.75, 3.05) is 6.61 Å². The van der Waals surface area contributed by atoms with E-state index in [9.17, 15) is 4.79 Å². The molecule has 0 amide bonds. The predicted octanol–water partition coefficient (Wildman–Crippen LogP) is 3.49. The molecule has 0 fully saturated rings. The van der Waals surface area contributed by atoms with Gasteiger partial charge in [-0.2, -0.15) is 0 Å². The van der Waals surface area contributed by atoms with Gasteiger partial charge in [-0.25, -0.2) is 0 Å². The molecule has 0 aromatic carbocycles. The molecule has 0 rings (SSSR count). The number of rotatable bonds is 8. The third-order valence-electron chi connectivity index (χ3n) is 2.12. The number of Topliss-reactive ketones (excluding diaryl/α,β-unsaturated/α-hetero) is 1. The van der Waals surface area contributed by atoms with E-state index >= 15 is 0 Å². The molecule has 0 aliphatic rings. The number of ether oxygens (including phenoxy) is 1. The second-order valence-corrected chi connectivity index (χ2v) is 4.28. The van der Waals surface area contributed by atoms with Crippen LogP contribution in [0.4, 0.5) is 0 Å². The van der Waals surface area contributed by atoms with Crippen molar-refractivity contribution >= 4 is 5.78 Å². The van der Waals surface area contributed by atoms with Crippen LogP contribution in [0.25, 0.3) is 0 Å². The van der Waals surface area contributed by atoms with Crippen LogP contribution in [0, 0.1) is 5.92 Å². The fourth-order valence-electron chi connectivity index (χ4n) is 1.36. The molecule has 0 spiro atoms. The zero-order chi connectivity index (χ0) is 11.8. The van der Waals surface area contributed by atoms with Gasteiger partial charge >= 0.3 is 0 Å². The molecule has 86 valence electrons. The van der Waals surface area contributed by atoms with Crippen LogP contribution >= 0.6 is 0 Å². The van der Waals surface area contributed by atoms with Crippen molar-refractivity contribution in [1.82, 2.24) is 0 Å². The number of allylic oxidation sites excluding steroid dienone is 2. The summed E-state index contributed by atoms with van der Waals surface area (Å²) in [5.41, 5.74) is 1.15. The van der Waals surface area contributed by atoms with Crippen LogP contribution in [0.3, 0.4) is 0 Å². The Morgan fingerprint density at radius 2 is 1.87 bits per heavy atom. The summed E-state index contributed by atoms with van der Waals surface area (Å²) in [6.45, 7) is 13.6. The van der Waals surface area contributed by atoms with Crippen molar-refractivity contribution in [1.29, 1.82) is 0 Å². The third-order valence-corrected chi connectivity index (χ3v) is 2.12. The maximum atomic E-state index is 11.0. The number of carbonyl (C=O) groups is 1. The maximum Gasteiger partial charge on any atom is 0.130 e. The SMILES string of the molecule is C=C(C)CCC(COC(=C)C)CC(C)=O. The Labute approximate surface area is 93.0 Å². The zero-order valence-electron chi connectivity index (χ0n) is 10.1. The lowest BCUT2D eigenvalue weighted by molar-refractivity contribution is -0.118. The number of carbonyl (C=O) groups excluding carboxylic acids is 1. The normalized spacial score (nSPS) is 11.9.